The third-order valence-corrected chi connectivity index (χ3v) is 14.0. The smallest absolute Gasteiger partial charge is 0.317 e. The van der Waals surface area contributed by atoms with Crippen molar-refractivity contribution in [1.82, 2.24) is 0 Å². The highest BCUT2D eigenvalue weighted by Crippen LogP contribution is 2.68. The van der Waals surface area contributed by atoms with Gasteiger partial charge in [-0.1, -0.05) is 27.7 Å². The van der Waals surface area contributed by atoms with Crippen LogP contribution in [0, 0.1) is 88.8 Å². The van der Waals surface area contributed by atoms with E-state index >= 15 is 0 Å². The van der Waals surface area contributed by atoms with Crippen molar-refractivity contribution in [3.05, 3.63) is 0 Å². The monoisotopic (exact) mass is 670 g/mol. The lowest BCUT2D eigenvalue weighted by molar-refractivity contribution is -0.164. The third kappa shape index (κ3) is 6.34. The van der Waals surface area contributed by atoms with Gasteiger partial charge in [0, 0.05) is 6.92 Å². The van der Waals surface area contributed by atoms with E-state index in [1.54, 1.807) is 6.92 Å². The number of hydrogen-bond donors (Lipinski definition) is 0. The van der Waals surface area contributed by atoms with Crippen LogP contribution in [-0.4, -0.2) is 48.2 Å². The molecule has 8 aliphatic rings. The summed E-state index contributed by atoms with van der Waals surface area (Å²) in [6.45, 7) is 15.5. The predicted molar refractivity (Wildman–Crippen MR) is 175 cm³/mol. The summed E-state index contributed by atoms with van der Waals surface area (Å²) in [5, 5.41) is 0. The molecular weight excluding hydrogens is 612 g/mol. The van der Waals surface area contributed by atoms with Crippen LogP contribution in [0.25, 0.3) is 0 Å². The van der Waals surface area contributed by atoms with Crippen LogP contribution < -0.4 is 0 Å². The molecule has 0 radical (unpaired) electrons. The first-order chi connectivity index (χ1) is 22.6. The second-order valence-corrected chi connectivity index (χ2v) is 17.6. The van der Waals surface area contributed by atoms with Crippen LogP contribution in [-0.2, 0) is 42.9 Å². The Morgan fingerprint density at radius 2 is 1.48 bits per heavy atom. The molecule has 16 unspecified atom stereocenters. The molecule has 0 aromatic carbocycles. The number of carbonyl (C=O) groups is 5. The van der Waals surface area contributed by atoms with Crippen molar-refractivity contribution in [2.75, 3.05) is 6.61 Å². The Morgan fingerprint density at radius 3 is 2.06 bits per heavy atom. The van der Waals surface area contributed by atoms with Gasteiger partial charge in [0.15, 0.2) is 0 Å². The van der Waals surface area contributed by atoms with Crippen molar-refractivity contribution in [2.45, 2.75) is 118 Å². The molecule has 268 valence electrons. The third-order valence-electron chi connectivity index (χ3n) is 14.0. The van der Waals surface area contributed by atoms with E-state index < -0.39 is 11.9 Å². The maximum atomic E-state index is 12.2. The van der Waals surface area contributed by atoms with E-state index in [0.717, 1.165) is 54.8 Å². The Balaban J connectivity index is 0.000000138. The Hall–Kier alpha value is -2.45. The van der Waals surface area contributed by atoms with Crippen molar-refractivity contribution >= 4 is 29.8 Å². The number of fused-ring (bicyclic) bond motifs is 14. The zero-order valence-electron chi connectivity index (χ0n) is 30.3. The van der Waals surface area contributed by atoms with Gasteiger partial charge >= 0.3 is 29.8 Å². The first-order valence-corrected chi connectivity index (χ1v) is 18.9. The lowest BCUT2D eigenvalue weighted by Crippen LogP contribution is -2.46. The summed E-state index contributed by atoms with van der Waals surface area (Å²) >= 11 is 0. The van der Waals surface area contributed by atoms with Crippen LogP contribution >= 0.6 is 0 Å². The number of esters is 5. The minimum atomic E-state index is -0.414. The fourth-order valence-electron chi connectivity index (χ4n) is 12.2. The van der Waals surface area contributed by atoms with Crippen molar-refractivity contribution < 1.29 is 42.9 Å². The van der Waals surface area contributed by atoms with Gasteiger partial charge in [-0.15, -0.1) is 0 Å². The molecule has 9 heteroatoms. The fraction of sp³-hybridized carbons (Fsp3) is 0.872. The lowest BCUT2D eigenvalue weighted by Gasteiger charge is -2.42. The topological polar surface area (TPSA) is 122 Å². The largest absolute Gasteiger partial charge is 0.465 e. The van der Waals surface area contributed by atoms with Gasteiger partial charge in [-0.2, -0.15) is 0 Å². The Bertz CT molecular complexity index is 1280. The summed E-state index contributed by atoms with van der Waals surface area (Å²) in [4.78, 5) is 58.2. The van der Waals surface area contributed by atoms with Crippen LogP contribution in [0.5, 0.6) is 0 Å². The van der Waals surface area contributed by atoms with E-state index in [1.165, 1.54) is 39.0 Å². The summed E-state index contributed by atoms with van der Waals surface area (Å²) in [7, 11) is 0. The van der Waals surface area contributed by atoms with Crippen molar-refractivity contribution in [3.63, 3.8) is 0 Å². The van der Waals surface area contributed by atoms with Gasteiger partial charge in [-0.25, -0.2) is 0 Å². The van der Waals surface area contributed by atoms with Crippen LogP contribution in [0.4, 0.5) is 0 Å². The normalized spacial score (nSPS) is 44.8. The maximum absolute atomic E-state index is 12.2. The molecule has 0 amide bonds. The second-order valence-electron chi connectivity index (χ2n) is 17.6. The molecular formula is C39H58O9. The van der Waals surface area contributed by atoms with Gasteiger partial charge in [0.25, 0.3) is 0 Å². The number of rotatable bonds is 4. The average Bonchev–Trinajstić information content (AvgIpc) is 3.86. The summed E-state index contributed by atoms with van der Waals surface area (Å²) < 4.78 is 20.7. The van der Waals surface area contributed by atoms with Crippen LogP contribution in [0.3, 0.4) is 0 Å². The molecule has 6 saturated carbocycles. The molecule has 9 nitrogen and oxygen atoms in total. The highest BCUT2D eigenvalue weighted by Gasteiger charge is 2.65. The molecule has 48 heavy (non-hydrogen) atoms. The highest BCUT2D eigenvalue weighted by atomic mass is 16.6. The summed E-state index contributed by atoms with van der Waals surface area (Å²) in [6.07, 6.45) is 10.1. The minimum absolute atomic E-state index is 0.0553. The zero-order valence-corrected chi connectivity index (χ0v) is 30.3. The molecule has 8 rings (SSSR count). The Morgan fingerprint density at radius 1 is 0.792 bits per heavy atom. The number of ether oxygens (including phenoxy) is 4. The van der Waals surface area contributed by atoms with Crippen molar-refractivity contribution in [2.24, 2.45) is 88.8 Å². The number of carbonyl (C=O) groups excluding carboxylic acids is 5. The van der Waals surface area contributed by atoms with E-state index in [2.05, 4.69) is 13.8 Å². The van der Waals surface area contributed by atoms with Crippen LogP contribution in [0.1, 0.15) is 107 Å². The minimum Gasteiger partial charge on any atom is -0.465 e. The van der Waals surface area contributed by atoms with Crippen LogP contribution in [0.15, 0.2) is 0 Å². The SMILES string of the molecule is CC(=O)OC(C)(C)C.CC1C(=O)OC(=O)C1C1C(C)C2CC1C1C(=O)OCCC21.CCC(C)C(=O)OC1CC2CC1C1C3CCC(C3)C21. The molecule has 0 aromatic heterocycles. The molecule has 0 aromatic rings. The van der Waals surface area contributed by atoms with Gasteiger partial charge in [-0.05, 0) is 137 Å². The fourth-order valence-corrected chi connectivity index (χ4v) is 12.2. The molecule has 0 spiro atoms. The number of hydrogen-bond acceptors (Lipinski definition) is 9. The summed E-state index contributed by atoms with van der Waals surface area (Å²) in [5.41, 5.74) is -0.328. The van der Waals surface area contributed by atoms with Gasteiger partial charge in [0.2, 0.25) is 0 Å². The molecule has 2 aliphatic heterocycles. The molecule has 6 aliphatic carbocycles. The quantitative estimate of drug-likeness (QED) is 0.145. The van der Waals surface area contributed by atoms with E-state index in [-0.39, 0.29) is 65.1 Å². The van der Waals surface area contributed by atoms with Gasteiger partial charge in [0.05, 0.1) is 30.3 Å². The number of cyclic esters (lactones) is 3. The molecule has 16 atom stereocenters. The first-order valence-electron chi connectivity index (χ1n) is 18.9. The van der Waals surface area contributed by atoms with E-state index in [0.29, 0.717) is 24.4 Å². The highest BCUT2D eigenvalue weighted by molar-refractivity contribution is 5.96. The van der Waals surface area contributed by atoms with Gasteiger partial charge < -0.3 is 18.9 Å². The second kappa shape index (κ2) is 13.4. The standard InChI is InChI=1S/C17H26O2.C16H20O5.C6H12O2/c1-3-9(2)17(18)19-14-8-12-7-13(14)16-11-5-4-10(6-11)15(12)16;1-6-9-5-10(13-8(9)3-4-20-15(13)18)11(6)12-7(2)14(17)21-16(12)19;1-5(7)8-6(2,3)4/h9-16H,3-8H2,1-2H3;6-13H,3-5H2,1-2H3;1-4H3. The Labute approximate surface area is 286 Å². The molecule has 8 fully saturated rings. The summed E-state index contributed by atoms with van der Waals surface area (Å²) in [6, 6.07) is 0. The van der Waals surface area contributed by atoms with Crippen LogP contribution in [0.2, 0.25) is 0 Å². The molecule has 2 saturated heterocycles. The average molecular weight is 671 g/mol. The van der Waals surface area contributed by atoms with Crippen molar-refractivity contribution in [3.8, 4) is 0 Å². The molecule has 6 bridgehead atoms. The molecule has 0 N–H and O–H groups in total. The van der Waals surface area contributed by atoms with Gasteiger partial charge in [0.1, 0.15) is 11.7 Å². The predicted octanol–water partition coefficient (Wildman–Crippen LogP) is 6.40. The lowest BCUT2D eigenvalue weighted by atomic mass is 9.62. The van der Waals surface area contributed by atoms with E-state index in [4.69, 9.17) is 18.9 Å². The van der Waals surface area contributed by atoms with E-state index in [1.807, 2.05) is 27.7 Å². The van der Waals surface area contributed by atoms with Crippen molar-refractivity contribution in [1.29, 1.82) is 0 Å². The maximum Gasteiger partial charge on any atom is 0.317 e. The molecule has 2 heterocycles. The zero-order chi connectivity index (χ0) is 34.8. The first kappa shape index (κ1) is 35.4. The summed E-state index contributed by atoms with van der Waals surface area (Å²) in [5.74, 6) is 5.26. The Kier molecular flexibility index (Phi) is 9.84. The van der Waals surface area contributed by atoms with Gasteiger partial charge in [-0.3, -0.25) is 24.0 Å². The van der Waals surface area contributed by atoms with E-state index in [9.17, 15) is 24.0 Å².